The van der Waals surface area contributed by atoms with E-state index in [2.05, 4.69) is 25.7 Å². The van der Waals surface area contributed by atoms with Gasteiger partial charge in [-0.15, -0.1) is 0 Å². The summed E-state index contributed by atoms with van der Waals surface area (Å²) in [7, 11) is 0. The molecule has 4 nitrogen and oxygen atoms in total. The monoisotopic (exact) mass is 331 g/mol. The fourth-order valence-electron chi connectivity index (χ4n) is 5.06. The molecule has 1 heterocycles. The molecule has 2 bridgehead atoms. The lowest BCUT2D eigenvalue weighted by Gasteiger charge is -2.52. The lowest BCUT2D eigenvalue weighted by atomic mass is 9.54. The van der Waals surface area contributed by atoms with Crippen molar-refractivity contribution in [3.05, 3.63) is 23.9 Å². The maximum atomic E-state index is 12.5. The largest absolute Gasteiger partial charge is 0.382 e. The quantitative estimate of drug-likeness (QED) is 0.670. The Bertz CT molecular complexity index is 618. The molecule has 1 amide bonds. The van der Waals surface area contributed by atoms with E-state index in [4.69, 9.17) is 0 Å². The average Bonchev–Trinajstić information content (AvgIpc) is 2.70. The summed E-state index contributed by atoms with van der Waals surface area (Å²) in [4.78, 5) is 24.7. The summed E-state index contributed by atoms with van der Waals surface area (Å²) >= 11 is 0. The number of carbonyl (C=O) groups is 2. The van der Waals surface area contributed by atoms with Crippen LogP contribution in [0.2, 0.25) is 0 Å². The van der Waals surface area contributed by atoms with Crippen LogP contribution in [0.15, 0.2) is 23.9 Å². The number of allylic oxidation sites excluding steroid dienone is 2. The molecule has 0 aromatic rings. The Balaban J connectivity index is 2.07. The Morgan fingerprint density at radius 2 is 1.96 bits per heavy atom. The summed E-state index contributed by atoms with van der Waals surface area (Å²) in [5.74, 6) is 0.00902. The van der Waals surface area contributed by atoms with Crippen LogP contribution in [0.1, 0.15) is 59.3 Å². The van der Waals surface area contributed by atoms with Crippen molar-refractivity contribution < 1.29 is 14.7 Å². The number of fused-ring (bicyclic) bond motifs is 1. The minimum atomic E-state index is -1.16. The molecule has 1 aliphatic heterocycles. The second-order valence-corrected chi connectivity index (χ2v) is 8.57. The van der Waals surface area contributed by atoms with Crippen LogP contribution < -0.4 is 5.32 Å². The zero-order valence-corrected chi connectivity index (χ0v) is 15.0. The second-order valence-electron chi connectivity index (χ2n) is 8.57. The molecule has 4 atom stereocenters. The molecule has 1 saturated heterocycles. The zero-order valence-electron chi connectivity index (χ0n) is 15.0. The Morgan fingerprint density at radius 1 is 1.25 bits per heavy atom. The van der Waals surface area contributed by atoms with E-state index in [1.54, 1.807) is 0 Å². The van der Waals surface area contributed by atoms with Gasteiger partial charge in [0.15, 0.2) is 0 Å². The van der Waals surface area contributed by atoms with Gasteiger partial charge in [0.05, 0.1) is 5.92 Å². The molecular weight excluding hydrogens is 302 g/mol. The number of nitrogens with one attached hydrogen (secondary N) is 1. The van der Waals surface area contributed by atoms with Gasteiger partial charge in [-0.2, -0.15) is 0 Å². The van der Waals surface area contributed by atoms with Gasteiger partial charge in [0.2, 0.25) is 5.91 Å². The molecule has 132 valence electrons. The van der Waals surface area contributed by atoms with E-state index in [0.717, 1.165) is 24.8 Å². The van der Waals surface area contributed by atoms with Gasteiger partial charge in [-0.3, -0.25) is 9.59 Å². The van der Waals surface area contributed by atoms with Gasteiger partial charge in [-0.1, -0.05) is 39.0 Å². The summed E-state index contributed by atoms with van der Waals surface area (Å²) in [5.41, 5.74) is 0.0454. The van der Waals surface area contributed by atoms with Crippen LogP contribution in [0.5, 0.6) is 0 Å². The third kappa shape index (κ3) is 2.55. The van der Waals surface area contributed by atoms with Crippen molar-refractivity contribution >= 4 is 11.7 Å². The molecule has 24 heavy (non-hydrogen) atoms. The fourth-order valence-corrected chi connectivity index (χ4v) is 5.06. The van der Waals surface area contributed by atoms with Crippen molar-refractivity contribution in [2.75, 3.05) is 0 Å². The van der Waals surface area contributed by atoms with Crippen molar-refractivity contribution in [1.29, 1.82) is 0 Å². The van der Waals surface area contributed by atoms with Gasteiger partial charge >= 0.3 is 0 Å². The lowest BCUT2D eigenvalue weighted by molar-refractivity contribution is -0.148. The fraction of sp³-hybridized carbons (Fsp3) is 0.700. The molecule has 0 radical (unpaired) electrons. The minimum absolute atomic E-state index is 0.0148. The number of amides is 1. The van der Waals surface area contributed by atoms with Gasteiger partial charge in [0, 0.05) is 24.0 Å². The Hall–Kier alpha value is -1.42. The van der Waals surface area contributed by atoms with Crippen LogP contribution in [0.4, 0.5) is 0 Å². The Kier molecular flexibility index (Phi) is 4.23. The Labute approximate surface area is 144 Å². The number of hydrogen-bond acceptors (Lipinski definition) is 3. The first-order chi connectivity index (χ1) is 11.2. The molecular formula is C20H29NO3. The highest BCUT2D eigenvalue weighted by atomic mass is 16.3. The van der Waals surface area contributed by atoms with E-state index < -0.39 is 11.0 Å². The van der Waals surface area contributed by atoms with E-state index in [0.29, 0.717) is 30.9 Å². The van der Waals surface area contributed by atoms with Gasteiger partial charge in [-0.25, -0.2) is 0 Å². The lowest BCUT2D eigenvalue weighted by Crippen LogP contribution is -2.57. The van der Waals surface area contributed by atoms with Gasteiger partial charge in [-0.05, 0) is 37.5 Å². The van der Waals surface area contributed by atoms with Gasteiger partial charge in [0.1, 0.15) is 11.4 Å². The molecule has 0 spiro atoms. The number of aliphatic hydroxyl groups is 1. The minimum Gasteiger partial charge on any atom is -0.382 e. The molecule has 2 aliphatic carbocycles. The first-order valence-electron chi connectivity index (χ1n) is 9.10. The summed E-state index contributed by atoms with van der Waals surface area (Å²) in [6, 6.07) is 0. The van der Waals surface area contributed by atoms with Gasteiger partial charge < -0.3 is 10.4 Å². The van der Waals surface area contributed by atoms with Crippen molar-refractivity contribution in [2.45, 2.75) is 64.9 Å². The predicted molar refractivity (Wildman–Crippen MR) is 92.9 cm³/mol. The van der Waals surface area contributed by atoms with Crippen LogP contribution in [0, 0.1) is 23.2 Å². The third-order valence-corrected chi connectivity index (χ3v) is 6.59. The third-order valence-electron chi connectivity index (χ3n) is 6.59. The van der Waals surface area contributed by atoms with Crippen molar-refractivity contribution in [2.24, 2.45) is 23.2 Å². The smallest absolute Gasteiger partial charge is 0.230 e. The molecule has 3 aliphatic rings. The summed E-state index contributed by atoms with van der Waals surface area (Å²) in [6.45, 7) is 10.2. The van der Waals surface area contributed by atoms with Crippen LogP contribution in [-0.4, -0.2) is 22.4 Å². The highest BCUT2D eigenvalue weighted by Gasteiger charge is 2.63. The Morgan fingerprint density at radius 3 is 2.67 bits per heavy atom. The number of carbonyl (C=O) groups excluding carboxylic acids is 2. The molecule has 4 heteroatoms. The first-order valence-corrected chi connectivity index (χ1v) is 9.10. The standard InChI is InChI=1S/C20H29NO3/c1-12-5-6-14-7-8-16-18(23)21-17(20(16,24)19(14,3)4)11-13(2)10-15(22)9-12/h11,13-14,16,24H,1,5-10H2,2-4H3,(H,21,23)/b17-11+/t13?,14-,16?,20?/m1/s1. The van der Waals surface area contributed by atoms with Crippen LogP contribution >= 0.6 is 0 Å². The zero-order chi connectivity index (χ0) is 17.7. The van der Waals surface area contributed by atoms with E-state index in [9.17, 15) is 14.7 Å². The highest BCUT2D eigenvalue weighted by molar-refractivity contribution is 5.87. The normalized spacial score (nSPS) is 41.8. The summed E-state index contributed by atoms with van der Waals surface area (Å²) < 4.78 is 0. The van der Waals surface area contributed by atoms with Crippen LogP contribution in [-0.2, 0) is 9.59 Å². The predicted octanol–water partition coefficient (Wildman–Crippen LogP) is 3.12. The van der Waals surface area contributed by atoms with Crippen LogP contribution in [0.3, 0.4) is 0 Å². The SMILES string of the molecule is C=C1CC[C@@H]2CCC3C(=O)N/C(=C/C(C)CC(=O)C1)C3(O)C2(C)C. The maximum absolute atomic E-state index is 12.5. The topological polar surface area (TPSA) is 66.4 Å². The van der Waals surface area contributed by atoms with Crippen molar-refractivity contribution in [3.63, 3.8) is 0 Å². The maximum Gasteiger partial charge on any atom is 0.230 e. The van der Waals surface area contributed by atoms with E-state index in [-0.39, 0.29) is 23.5 Å². The molecule has 2 N–H and O–H groups in total. The van der Waals surface area contributed by atoms with Crippen LogP contribution in [0.25, 0.3) is 0 Å². The molecule has 3 rings (SSSR count). The summed E-state index contributed by atoms with van der Waals surface area (Å²) in [5, 5.41) is 14.6. The number of ketones is 1. The molecule has 0 aromatic carbocycles. The number of Topliss-reactive ketones (excluding diaryl/α,β-unsaturated/α-hetero) is 1. The summed E-state index contributed by atoms with van der Waals surface area (Å²) in [6.07, 6.45) is 6.14. The van der Waals surface area contributed by atoms with Gasteiger partial charge in [0.25, 0.3) is 0 Å². The number of hydrogen-bond donors (Lipinski definition) is 2. The van der Waals surface area contributed by atoms with Crippen molar-refractivity contribution in [3.8, 4) is 0 Å². The van der Waals surface area contributed by atoms with E-state index in [1.165, 1.54) is 0 Å². The molecule has 1 saturated carbocycles. The second kappa shape index (κ2) is 5.83. The van der Waals surface area contributed by atoms with E-state index >= 15 is 0 Å². The van der Waals surface area contributed by atoms with Crippen molar-refractivity contribution in [1.82, 2.24) is 5.32 Å². The van der Waals surface area contributed by atoms with E-state index in [1.807, 2.05) is 13.0 Å². The molecule has 2 fully saturated rings. The average molecular weight is 331 g/mol. The highest BCUT2D eigenvalue weighted by Crippen LogP contribution is 2.57. The first kappa shape index (κ1) is 17.4. The number of rotatable bonds is 0. The molecule has 3 unspecified atom stereocenters. The molecule has 0 aromatic heterocycles.